The number of alkyl halides is 3. The van der Waals surface area contributed by atoms with E-state index in [-0.39, 0.29) is 11.8 Å². The Morgan fingerprint density at radius 2 is 1.93 bits per heavy atom. The predicted octanol–water partition coefficient (Wildman–Crippen LogP) is 4.06. The van der Waals surface area contributed by atoms with Crippen molar-refractivity contribution in [2.45, 2.75) is 30.0 Å². The molecule has 1 heterocycles. The predicted molar refractivity (Wildman–Crippen MR) is 93.2 cm³/mol. The number of rotatable bonds is 6. The lowest BCUT2D eigenvalue weighted by Crippen LogP contribution is -2.17. The van der Waals surface area contributed by atoms with Crippen LogP contribution in [-0.2, 0) is 20.9 Å². The highest BCUT2D eigenvalue weighted by molar-refractivity contribution is 7.92. The topological polar surface area (TPSA) is 64.6 Å². The Hall–Kier alpha value is -2.26. The van der Waals surface area contributed by atoms with Crippen LogP contribution >= 0.6 is 0 Å². The monoisotopic (exact) mass is 401 g/mol. The van der Waals surface area contributed by atoms with Crippen molar-refractivity contribution in [2.24, 2.45) is 0 Å². The van der Waals surface area contributed by atoms with Crippen LogP contribution in [0.5, 0.6) is 5.75 Å². The number of benzene rings is 2. The molecule has 9 heteroatoms. The summed E-state index contributed by atoms with van der Waals surface area (Å²) in [5.74, 6) is 0.440. The molecule has 1 N–H and O–H groups in total. The quantitative estimate of drug-likeness (QED) is 0.793. The first-order chi connectivity index (χ1) is 12.7. The van der Waals surface area contributed by atoms with Gasteiger partial charge in [-0.3, -0.25) is 4.72 Å². The van der Waals surface area contributed by atoms with E-state index in [2.05, 4.69) is 4.72 Å². The van der Waals surface area contributed by atoms with Gasteiger partial charge in [-0.25, -0.2) is 8.42 Å². The molecule has 2 aromatic carbocycles. The molecule has 27 heavy (non-hydrogen) atoms. The minimum absolute atomic E-state index is 0.00968. The molecule has 0 spiro atoms. The van der Waals surface area contributed by atoms with E-state index < -0.39 is 26.7 Å². The summed E-state index contributed by atoms with van der Waals surface area (Å²) in [5.41, 5.74) is -0.837. The second-order valence-electron chi connectivity index (χ2n) is 6.10. The molecule has 1 aliphatic heterocycles. The fourth-order valence-corrected chi connectivity index (χ4v) is 3.76. The van der Waals surface area contributed by atoms with E-state index in [1.54, 1.807) is 12.1 Å². The van der Waals surface area contributed by atoms with Crippen LogP contribution < -0.4 is 9.46 Å². The minimum atomic E-state index is -4.62. The van der Waals surface area contributed by atoms with Crippen LogP contribution in [0.1, 0.15) is 18.4 Å². The van der Waals surface area contributed by atoms with E-state index in [4.69, 9.17) is 9.47 Å². The fourth-order valence-electron chi connectivity index (χ4n) is 2.67. The maximum Gasteiger partial charge on any atom is 0.416 e. The van der Waals surface area contributed by atoms with E-state index in [1.807, 2.05) is 0 Å². The molecule has 1 fully saturated rings. The SMILES string of the molecule is O=S(=O)(Nc1cccc(OC[C@@H]2CCCO2)c1)c1cccc(C(F)(F)F)c1. The van der Waals surface area contributed by atoms with Gasteiger partial charge in [0.05, 0.1) is 22.3 Å². The third-order valence-electron chi connectivity index (χ3n) is 4.02. The van der Waals surface area contributed by atoms with Gasteiger partial charge in [-0.05, 0) is 43.2 Å². The van der Waals surface area contributed by atoms with Gasteiger partial charge >= 0.3 is 6.18 Å². The number of hydrogen-bond acceptors (Lipinski definition) is 4. The van der Waals surface area contributed by atoms with Gasteiger partial charge in [0, 0.05) is 12.7 Å². The Bertz CT molecular complexity index is 893. The molecule has 0 unspecified atom stereocenters. The number of anilines is 1. The molecule has 0 aliphatic carbocycles. The third kappa shape index (κ3) is 5.14. The van der Waals surface area contributed by atoms with Crippen LogP contribution in [0.4, 0.5) is 18.9 Å². The van der Waals surface area contributed by atoms with Crippen LogP contribution in [-0.4, -0.2) is 27.7 Å². The lowest BCUT2D eigenvalue weighted by molar-refractivity contribution is -0.137. The normalized spacial score (nSPS) is 17.7. The standard InChI is InChI=1S/C18H18F3NO4S/c19-18(20,21)13-4-1-8-17(10-13)27(23,24)22-14-5-2-6-15(11-14)26-12-16-7-3-9-25-16/h1-2,4-6,8,10-11,16,22H,3,7,9,12H2/t16-/m0/s1. The maximum atomic E-state index is 12.8. The molecule has 0 amide bonds. The van der Waals surface area contributed by atoms with Gasteiger partial charge in [0.1, 0.15) is 12.4 Å². The summed E-state index contributed by atoms with van der Waals surface area (Å²) >= 11 is 0. The van der Waals surface area contributed by atoms with Gasteiger partial charge in [0.2, 0.25) is 0 Å². The van der Waals surface area contributed by atoms with Crippen molar-refractivity contribution in [2.75, 3.05) is 17.9 Å². The highest BCUT2D eigenvalue weighted by Crippen LogP contribution is 2.31. The molecule has 146 valence electrons. The Morgan fingerprint density at radius 1 is 1.15 bits per heavy atom. The van der Waals surface area contributed by atoms with Crippen LogP contribution in [0.2, 0.25) is 0 Å². The third-order valence-corrected chi connectivity index (χ3v) is 5.40. The van der Waals surface area contributed by atoms with Gasteiger partial charge in [0.25, 0.3) is 10.0 Å². The van der Waals surface area contributed by atoms with Gasteiger partial charge in [-0.1, -0.05) is 12.1 Å². The molecule has 0 bridgehead atoms. The summed E-state index contributed by atoms with van der Waals surface area (Å²) in [6, 6.07) is 9.79. The Labute approximate surface area is 155 Å². The second-order valence-corrected chi connectivity index (χ2v) is 7.79. The van der Waals surface area contributed by atoms with Gasteiger partial charge < -0.3 is 9.47 Å². The lowest BCUT2D eigenvalue weighted by atomic mass is 10.2. The van der Waals surface area contributed by atoms with Crippen molar-refractivity contribution in [3.8, 4) is 5.75 Å². The number of nitrogens with one attached hydrogen (secondary N) is 1. The van der Waals surface area contributed by atoms with Crippen molar-refractivity contribution in [3.05, 3.63) is 54.1 Å². The van der Waals surface area contributed by atoms with Crippen LogP contribution in [0.15, 0.2) is 53.4 Å². The number of sulfonamides is 1. The molecule has 1 atom stereocenters. The van der Waals surface area contributed by atoms with Crippen molar-refractivity contribution in [3.63, 3.8) is 0 Å². The summed E-state index contributed by atoms with van der Waals surface area (Å²) in [5, 5.41) is 0. The van der Waals surface area contributed by atoms with Crippen LogP contribution in [0.3, 0.4) is 0 Å². The summed E-state index contributed by atoms with van der Waals surface area (Å²) in [6.45, 7) is 1.05. The summed E-state index contributed by atoms with van der Waals surface area (Å²) in [7, 11) is -4.17. The average molecular weight is 401 g/mol. The number of hydrogen-bond donors (Lipinski definition) is 1. The van der Waals surface area contributed by atoms with Gasteiger partial charge in [-0.2, -0.15) is 13.2 Å². The fraction of sp³-hybridized carbons (Fsp3) is 0.333. The van der Waals surface area contributed by atoms with E-state index in [0.717, 1.165) is 31.0 Å². The van der Waals surface area contributed by atoms with Gasteiger partial charge in [-0.15, -0.1) is 0 Å². The highest BCUT2D eigenvalue weighted by Gasteiger charge is 2.31. The molecule has 0 aromatic heterocycles. The Balaban J connectivity index is 1.73. The molecule has 3 rings (SSSR count). The van der Waals surface area contributed by atoms with Crippen molar-refractivity contribution in [1.82, 2.24) is 0 Å². The van der Waals surface area contributed by atoms with Crippen molar-refractivity contribution in [1.29, 1.82) is 0 Å². The van der Waals surface area contributed by atoms with E-state index in [1.165, 1.54) is 12.1 Å². The molecular formula is C18H18F3NO4S. The first-order valence-electron chi connectivity index (χ1n) is 8.28. The summed E-state index contributed by atoms with van der Waals surface area (Å²) in [6.07, 6.45) is -2.73. The highest BCUT2D eigenvalue weighted by atomic mass is 32.2. The zero-order chi connectivity index (χ0) is 19.5. The maximum absolute atomic E-state index is 12.8. The molecule has 1 saturated heterocycles. The van der Waals surface area contributed by atoms with Crippen LogP contribution in [0.25, 0.3) is 0 Å². The lowest BCUT2D eigenvalue weighted by Gasteiger charge is -2.14. The van der Waals surface area contributed by atoms with Crippen molar-refractivity contribution < 1.29 is 31.1 Å². The van der Waals surface area contributed by atoms with Gasteiger partial charge in [0.15, 0.2) is 0 Å². The molecule has 1 aliphatic rings. The second kappa shape index (κ2) is 7.77. The largest absolute Gasteiger partial charge is 0.491 e. The molecule has 0 radical (unpaired) electrons. The summed E-state index contributed by atoms with van der Waals surface area (Å²) < 4.78 is 76.6. The minimum Gasteiger partial charge on any atom is -0.491 e. The number of ether oxygens (including phenoxy) is 2. The molecular weight excluding hydrogens is 383 g/mol. The first-order valence-corrected chi connectivity index (χ1v) is 9.77. The van der Waals surface area contributed by atoms with E-state index >= 15 is 0 Å². The molecule has 5 nitrogen and oxygen atoms in total. The smallest absolute Gasteiger partial charge is 0.416 e. The van der Waals surface area contributed by atoms with E-state index in [0.29, 0.717) is 25.0 Å². The Morgan fingerprint density at radius 3 is 2.63 bits per heavy atom. The molecule has 2 aromatic rings. The molecule has 0 saturated carbocycles. The average Bonchev–Trinajstić information content (AvgIpc) is 3.13. The van der Waals surface area contributed by atoms with Crippen molar-refractivity contribution >= 4 is 15.7 Å². The van der Waals surface area contributed by atoms with Crippen LogP contribution in [0, 0.1) is 0 Å². The summed E-state index contributed by atoms with van der Waals surface area (Å²) in [4.78, 5) is -0.469. The number of halogens is 3. The zero-order valence-corrected chi connectivity index (χ0v) is 15.0. The first kappa shape index (κ1) is 19.5. The Kier molecular flexibility index (Phi) is 5.61. The zero-order valence-electron chi connectivity index (χ0n) is 14.2. The van der Waals surface area contributed by atoms with E-state index in [9.17, 15) is 21.6 Å².